The minimum absolute atomic E-state index is 0.0881. The molecular weight excluding hydrogens is 484 g/mol. The Balaban J connectivity index is 1.42. The molecule has 4 aromatic carbocycles. The number of hydrazone groups is 1. The van der Waals surface area contributed by atoms with Crippen LogP contribution in [-0.4, -0.2) is 20.5 Å². The summed E-state index contributed by atoms with van der Waals surface area (Å²) in [6.45, 7) is 3.92. The molecule has 0 fully saturated rings. The molecular formula is C30H28N2O4S. The Morgan fingerprint density at radius 3 is 2.19 bits per heavy atom. The van der Waals surface area contributed by atoms with Crippen molar-refractivity contribution < 1.29 is 17.4 Å². The van der Waals surface area contributed by atoms with Crippen LogP contribution in [0.25, 0.3) is 0 Å². The Bertz CT molecular complexity index is 1480. The largest absolute Gasteiger partial charge is 0.379 e. The molecule has 0 saturated heterocycles. The average Bonchev–Trinajstić information content (AvgIpc) is 2.90. The van der Waals surface area contributed by atoms with Crippen molar-refractivity contribution >= 4 is 22.2 Å². The van der Waals surface area contributed by atoms with Crippen LogP contribution >= 0.6 is 0 Å². The summed E-state index contributed by atoms with van der Waals surface area (Å²) in [6, 6.07) is 30.5. The molecule has 0 aromatic heterocycles. The van der Waals surface area contributed by atoms with Crippen molar-refractivity contribution in [1.82, 2.24) is 5.43 Å². The van der Waals surface area contributed by atoms with Gasteiger partial charge in [-0.25, -0.2) is 5.43 Å². The Hall–Kier alpha value is -4.23. The molecule has 0 aliphatic carbocycles. The Morgan fingerprint density at radius 2 is 1.51 bits per heavy atom. The van der Waals surface area contributed by atoms with Gasteiger partial charge in [0, 0.05) is 0 Å². The molecule has 1 amide bonds. The second kappa shape index (κ2) is 11.7. The van der Waals surface area contributed by atoms with Gasteiger partial charge in [-0.05, 0) is 78.9 Å². The summed E-state index contributed by atoms with van der Waals surface area (Å²) >= 11 is 0. The Kier molecular flexibility index (Phi) is 8.15. The Morgan fingerprint density at radius 1 is 0.865 bits per heavy atom. The number of rotatable bonds is 9. The van der Waals surface area contributed by atoms with Crippen LogP contribution in [0.1, 0.15) is 33.7 Å². The fourth-order valence-electron chi connectivity index (χ4n) is 3.84. The summed E-state index contributed by atoms with van der Waals surface area (Å²) in [4.78, 5) is 13.2. The lowest BCUT2D eigenvalue weighted by atomic mass is 9.90. The first-order valence-corrected chi connectivity index (χ1v) is 13.3. The molecule has 0 radical (unpaired) electrons. The number of carbonyl (C=O) groups excluding carboxylic acids is 1. The van der Waals surface area contributed by atoms with Gasteiger partial charge in [-0.15, -0.1) is 0 Å². The maximum atomic E-state index is 13.1. The zero-order valence-corrected chi connectivity index (χ0v) is 21.5. The predicted octanol–water partition coefficient (Wildman–Crippen LogP) is 5.55. The maximum Gasteiger partial charge on any atom is 0.339 e. The lowest BCUT2D eigenvalue weighted by molar-refractivity contribution is -0.122. The molecule has 4 aromatic rings. The number of hydrogen-bond donors (Lipinski definition) is 1. The van der Waals surface area contributed by atoms with E-state index in [-0.39, 0.29) is 16.6 Å². The standard InChI is InChI=1S/C30H28N2O4S/c1-22-12-18-28(19-13-22)37(34,35)36-27-16-14-24(15-17-27)21-31-32-30(33)29(25-9-4-3-5-10-25)20-26-11-7-6-8-23(26)2/h3-19,21,29H,20H2,1-2H3,(H,32,33). The average molecular weight is 513 g/mol. The van der Waals surface area contributed by atoms with Crippen LogP contribution in [-0.2, 0) is 21.3 Å². The normalized spacial score (nSPS) is 12.3. The third kappa shape index (κ3) is 6.92. The van der Waals surface area contributed by atoms with Gasteiger partial charge in [-0.3, -0.25) is 4.79 Å². The number of amides is 1. The van der Waals surface area contributed by atoms with Crippen LogP contribution in [0.15, 0.2) is 113 Å². The first-order chi connectivity index (χ1) is 17.8. The molecule has 0 aliphatic heterocycles. The number of benzene rings is 4. The van der Waals surface area contributed by atoms with E-state index < -0.39 is 16.0 Å². The van der Waals surface area contributed by atoms with Crippen molar-refractivity contribution in [2.75, 3.05) is 0 Å². The van der Waals surface area contributed by atoms with Crippen LogP contribution in [0.4, 0.5) is 0 Å². The third-order valence-electron chi connectivity index (χ3n) is 5.99. The molecule has 37 heavy (non-hydrogen) atoms. The number of carbonyl (C=O) groups is 1. The molecule has 1 unspecified atom stereocenters. The highest BCUT2D eigenvalue weighted by Gasteiger charge is 2.21. The van der Waals surface area contributed by atoms with Gasteiger partial charge in [0.1, 0.15) is 10.6 Å². The first-order valence-electron chi connectivity index (χ1n) is 11.9. The van der Waals surface area contributed by atoms with Crippen LogP contribution in [0, 0.1) is 13.8 Å². The molecule has 0 saturated carbocycles. The zero-order chi connectivity index (χ0) is 26.3. The zero-order valence-electron chi connectivity index (χ0n) is 20.7. The SMILES string of the molecule is Cc1ccc(S(=O)(=O)Oc2ccc(C=NNC(=O)C(Cc3ccccc3C)c3ccccc3)cc2)cc1. The molecule has 0 aliphatic rings. The summed E-state index contributed by atoms with van der Waals surface area (Å²) in [5, 5.41) is 4.13. The highest BCUT2D eigenvalue weighted by Crippen LogP contribution is 2.23. The van der Waals surface area contributed by atoms with E-state index in [1.807, 2.05) is 68.4 Å². The van der Waals surface area contributed by atoms with Gasteiger partial charge in [0.25, 0.3) is 0 Å². The van der Waals surface area contributed by atoms with Gasteiger partial charge in [0.15, 0.2) is 0 Å². The van der Waals surface area contributed by atoms with Crippen LogP contribution in [0.3, 0.4) is 0 Å². The Labute approximate surface area is 217 Å². The summed E-state index contributed by atoms with van der Waals surface area (Å²) in [5.74, 6) is -0.429. The lowest BCUT2D eigenvalue weighted by Gasteiger charge is -2.17. The quantitative estimate of drug-likeness (QED) is 0.181. The van der Waals surface area contributed by atoms with Crippen molar-refractivity contribution in [2.45, 2.75) is 31.1 Å². The molecule has 1 atom stereocenters. The highest BCUT2D eigenvalue weighted by molar-refractivity contribution is 7.87. The number of hydrogen-bond acceptors (Lipinski definition) is 5. The van der Waals surface area contributed by atoms with E-state index in [2.05, 4.69) is 10.5 Å². The van der Waals surface area contributed by atoms with Gasteiger partial charge in [-0.1, -0.05) is 72.3 Å². The molecule has 0 spiro atoms. The van der Waals surface area contributed by atoms with Gasteiger partial charge < -0.3 is 4.18 Å². The van der Waals surface area contributed by atoms with Crippen molar-refractivity contribution in [2.24, 2.45) is 5.10 Å². The first kappa shape index (κ1) is 25.9. The highest BCUT2D eigenvalue weighted by atomic mass is 32.2. The van der Waals surface area contributed by atoms with E-state index in [4.69, 9.17) is 4.18 Å². The van der Waals surface area contributed by atoms with Crippen molar-refractivity contribution in [1.29, 1.82) is 0 Å². The van der Waals surface area contributed by atoms with E-state index >= 15 is 0 Å². The van der Waals surface area contributed by atoms with Crippen molar-refractivity contribution in [3.05, 3.63) is 131 Å². The second-order valence-corrected chi connectivity index (χ2v) is 10.3. The fraction of sp³-hybridized carbons (Fsp3) is 0.133. The van der Waals surface area contributed by atoms with Crippen LogP contribution < -0.4 is 9.61 Å². The van der Waals surface area contributed by atoms with E-state index in [9.17, 15) is 13.2 Å². The smallest absolute Gasteiger partial charge is 0.339 e. The predicted molar refractivity (Wildman–Crippen MR) is 145 cm³/mol. The fourth-order valence-corrected chi connectivity index (χ4v) is 4.77. The van der Waals surface area contributed by atoms with Gasteiger partial charge >= 0.3 is 10.1 Å². The molecule has 1 N–H and O–H groups in total. The maximum absolute atomic E-state index is 13.1. The third-order valence-corrected chi connectivity index (χ3v) is 7.25. The summed E-state index contributed by atoms with van der Waals surface area (Å²) < 4.78 is 30.2. The topological polar surface area (TPSA) is 84.8 Å². The van der Waals surface area contributed by atoms with E-state index in [0.717, 1.165) is 22.3 Å². The minimum Gasteiger partial charge on any atom is -0.379 e. The summed E-state index contributed by atoms with van der Waals surface area (Å²) in [6.07, 6.45) is 2.06. The second-order valence-electron chi connectivity index (χ2n) is 8.75. The van der Waals surface area contributed by atoms with Crippen LogP contribution in [0.5, 0.6) is 5.75 Å². The summed E-state index contributed by atoms with van der Waals surface area (Å²) in [7, 11) is -3.93. The van der Waals surface area contributed by atoms with Crippen molar-refractivity contribution in [3.8, 4) is 5.75 Å². The van der Waals surface area contributed by atoms with Gasteiger partial charge in [-0.2, -0.15) is 13.5 Å². The molecule has 0 bridgehead atoms. The van der Waals surface area contributed by atoms with Crippen molar-refractivity contribution in [3.63, 3.8) is 0 Å². The van der Waals surface area contributed by atoms with Gasteiger partial charge in [0.2, 0.25) is 5.91 Å². The number of aryl methyl sites for hydroxylation is 2. The summed E-state index contributed by atoms with van der Waals surface area (Å²) in [5.41, 5.74) is 7.43. The molecule has 0 heterocycles. The molecule has 6 nitrogen and oxygen atoms in total. The lowest BCUT2D eigenvalue weighted by Crippen LogP contribution is -2.27. The van der Waals surface area contributed by atoms with Crippen LogP contribution in [0.2, 0.25) is 0 Å². The molecule has 4 rings (SSSR count). The van der Waals surface area contributed by atoms with Gasteiger partial charge in [0.05, 0.1) is 12.1 Å². The number of nitrogens with zero attached hydrogens (tertiary/aromatic N) is 1. The van der Waals surface area contributed by atoms with E-state index in [1.54, 1.807) is 36.4 Å². The monoisotopic (exact) mass is 512 g/mol. The minimum atomic E-state index is -3.93. The number of nitrogens with one attached hydrogen (secondary N) is 1. The molecule has 188 valence electrons. The van der Waals surface area contributed by atoms with E-state index in [0.29, 0.717) is 12.0 Å². The van der Waals surface area contributed by atoms with E-state index in [1.165, 1.54) is 18.3 Å². The molecule has 7 heteroatoms.